The highest BCUT2D eigenvalue weighted by molar-refractivity contribution is 7.19. The zero-order chi connectivity index (χ0) is 32.5. The van der Waals surface area contributed by atoms with Gasteiger partial charge in [-0.05, 0) is 80.4 Å². The molecule has 0 aliphatic carbocycles. The maximum Gasteiger partial charge on any atom is 0.179 e. The summed E-state index contributed by atoms with van der Waals surface area (Å²) in [6.45, 7) is 0. The molecule has 3 nitrogen and oxygen atoms in total. The fourth-order valence-corrected chi connectivity index (χ4v) is 11.9. The zero-order valence-corrected chi connectivity index (χ0v) is 27.1. The van der Waals surface area contributed by atoms with Gasteiger partial charge in [-0.1, -0.05) is 127 Å². The van der Waals surface area contributed by atoms with Gasteiger partial charge in [-0.3, -0.25) is 0 Å². The number of rotatable bonds is 6. The zero-order valence-electron chi connectivity index (χ0n) is 26.1. The van der Waals surface area contributed by atoms with Crippen molar-refractivity contribution in [1.29, 1.82) is 10.5 Å². The maximum atomic E-state index is 9.57. The van der Waals surface area contributed by atoms with Crippen LogP contribution < -0.4 is 20.7 Å². The van der Waals surface area contributed by atoms with Crippen LogP contribution in [0, 0.1) is 22.7 Å². The van der Waals surface area contributed by atoms with Gasteiger partial charge in [-0.15, -0.1) is 0 Å². The van der Waals surface area contributed by atoms with E-state index in [0.29, 0.717) is 11.1 Å². The van der Waals surface area contributed by atoms with Crippen molar-refractivity contribution in [2.45, 2.75) is 0 Å². The van der Waals surface area contributed by atoms with Crippen LogP contribution in [0.1, 0.15) is 11.1 Å². The van der Waals surface area contributed by atoms with E-state index in [1.807, 2.05) is 24.3 Å². The lowest BCUT2D eigenvalue weighted by atomic mass is 10.1. The summed E-state index contributed by atoms with van der Waals surface area (Å²) in [6, 6.07) is 66.5. The quantitative estimate of drug-likeness (QED) is 0.141. The first-order chi connectivity index (χ1) is 23.7. The molecule has 0 aliphatic heterocycles. The van der Waals surface area contributed by atoms with Crippen molar-refractivity contribution in [2.24, 2.45) is 0 Å². The molecule has 0 N–H and O–H groups in total. The number of hydrogen-bond acceptors (Lipinski definition) is 2. The van der Waals surface area contributed by atoms with Crippen LogP contribution in [0.15, 0.2) is 176 Å². The largest absolute Gasteiger partial charge is 0.309 e. The molecule has 0 bridgehead atoms. The maximum absolute atomic E-state index is 9.57. The molecule has 8 rings (SSSR count). The van der Waals surface area contributed by atoms with Crippen LogP contribution in [0.25, 0.3) is 38.6 Å². The van der Waals surface area contributed by atoms with Crippen LogP contribution in [0.4, 0.5) is 0 Å². The summed E-state index contributed by atoms with van der Waals surface area (Å²) in [6.07, 6.45) is 0. The first-order valence-electron chi connectivity index (χ1n) is 16.0. The van der Waals surface area contributed by atoms with Gasteiger partial charge in [0.05, 0.1) is 34.3 Å². The van der Waals surface area contributed by atoms with E-state index in [0.717, 1.165) is 38.6 Å². The van der Waals surface area contributed by atoms with Gasteiger partial charge in [0.2, 0.25) is 0 Å². The number of benzene rings is 7. The summed E-state index contributed by atoms with van der Waals surface area (Å²) < 4.78 is 2.29. The van der Waals surface area contributed by atoms with Gasteiger partial charge in [-0.25, -0.2) is 0 Å². The molecule has 1 aromatic heterocycles. The Morgan fingerprint density at radius 3 is 1.58 bits per heavy atom. The van der Waals surface area contributed by atoms with Crippen molar-refractivity contribution in [1.82, 2.24) is 4.57 Å². The predicted octanol–water partition coefficient (Wildman–Crippen LogP) is 7.57. The molecule has 0 unspecified atom stereocenters. The number of aromatic nitrogens is 1. The minimum absolute atomic E-state index is 0.658. The Morgan fingerprint density at radius 1 is 0.396 bits per heavy atom. The van der Waals surface area contributed by atoms with E-state index >= 15 is 0 Å². The van der Waals surface area contributed by atoms with E-state index in [1.165, 1.54) is 20.7 Å². The number of para-hydroxylation sites is 1. The van der Waals surface area contributed by atoms with Gasteiger partial charge >= 0.3 is 0 Å². The molecular weight excluding hydrogens is 599 g/mol. The van der Waals surface area contributed by atoms with Crippen molar-refractivity contribution in [2.75, 3.05) is 0 Å². The Morgan fingerprint density at radius 2 is 0.938 bits per heavy atom. The molecule has 0 amide bonds. The highest BCUT2D eigenvalue weighted by atomic mass is 28.3. The molecule has 0 fully saturated rings. The third-order valence-electron chi connectivity index (χ3n) is 9.42. The second-order valence-corrected chi connectivity index (χ2v) is 15.8. The third kappa shape index (κ3) is 4.72. The Hall–Kier alpha value is -6.46. The average Bonchev–Trinajstić information content (AvgIpc) is 3.50. The predicted molar refractivity (Wildman–Crippen MR) is 199 cm³/mol. The van der Waals surface area contributed by atoms with Crippen molar-refractivity contribution >= 4 is 50.6 Å². The number of nitriles is 2. The standard InChI is InChI=1S/C44H29N3Si/c45-30-32-18-23-39(24-19-32)48(37-12-3-1-4-13-37,38-14-5-2-6-15-38)40-25-21-34(22-26-40)35-10-9-11-36(29-35)47-43-17-8-7-16-41(43)42-28-33(31-46)20-27-44(42)47/h1-29H. The first-order valence-corrected chi connectivity index (χ1v) is 18.0. The first kappa shape index (κ1) is 29.0. The van der Waals surface area contributed by atoms with Crippen LogP contribution in [-0.4, -0.2) is 12.6 Å². The highest BCUT2D eigenvalue weighted by Crippen LogP contribution is 2.33. The molecule has 4 heteroatoms. The lowest BCUT2D eigenvalue weighted by Crippen LogP contribution is -2.74. The highest BCUT2D eigenvalue weighted by Gasteiger charge is 2.41. The smallest absolute Gasteiger partial charge is 0.179 e. The van der Waals surface area contributed by atoms with Gasteiger partial charge < -0.3 is 4.57 Å². The topological polar surface area (TPSA) is 52.5 Å². The second kappa shape index (κ2) is 12.0. The molecule has 48 heavy (non-hydrogen) atoms. The summed E-state index contributed by atoms with van der Waals surface area (Å²) >= 11 is 0. The van der Waals surface area contributed by atoms with Crippen molar-refractivity contribution in [3.63, 3.8) is 0 Å². The van der Waals surface area contributed by atoms with Crippen LogP contribution in [0.5, 0.6) is 0 Å². The number of nitrogens with zero attached hydrogens (tertiary/aromatic N) is 3. The minimum Gasteiger partial charge on any atom is -0.309 e. The van der Waals surface area contributed by atoms with Gasteiger partial charge in [0.15, 0.2) is 8.07 Å². The monoisotopic (exact) mass is 627 g/mol. The van der Waals surface area contributed by atoms with Gasteiger partial charge in [0.25, 0.3) is 0 Å². The summed E-state index contributed by atoms with van der Waals surface area (Å²) in [5.41, 5.74) is 6.84. The minimum atomic E-state index is -2.72. The molecule has 1 heterocycles. The summed E-state index contributed by atoms with van der Waals surface area (Å²) in [7, 11) is -2.72. The van der Waals surface area contributed by atoms with E-state index < -0.39 is 8.07 Å². The lowest BCUT2D eigenvalue weighted by Gasteiger charge is -2.34. The van der Waals surface area contributed by atoms with E-state index in [-0.39, 0.29) is 0 Å². The fraction of sp³-hybridized carbons (Fsp3) is 0. The van der Waals surface area contributed by atoms with Crippen LogP contribution >= 0.6 is 0 Å². The Kier molecular flexibility index (Phi) is 7.27. The molecule has 8 aromatic rings. The molecule has 7 aromatic carbocycles. The van der Waals surface area contributed by atoms with E-state index in [4.69, 9.17) is 0 Å². The van der Waals surface area contributed by atoms with Crippen molar-refractivity contribution in [3.8, 4) is 29.0 Å². The van der Waals surface area contributed by atoms with E-state index in [9.17, 15) is 10.5 Å². The lowest BCUT2D eigenvalue weighted by molar-refractivity contribution is 1.18. The molecule has 224 valence electrons. The number of hydrogen-bond donors (Lipinski definition) is 0. The summed E-state index contributed by atoms with van der Waals surface area (Å²) in [5, 5.41) is 26.5. The van der Waals surface area contributed by atoms with Crippen LogP contribution in [-0.2, 0) is 0 Å². The van der Waals surface area contributed by atoms with Gasteiger partial charge in [0.1, 0.15) is 0 Å². The average molecular weight is 628 g/mol. The van der Waals surface area contributed by atoms with Gasteiger partial charge in [0, 0.05) is 16.5 Å². The Bertz CT molecular complexity index is 2460. The molecule has 0 spiro atoms. The van der Waals surface area contributed by atoms with E-state index in [1.54, 1.807) is 0 Å². The van der Waals surface area contributed by atoms with Crippen LogP contribution in [0.2, 0.25) is 0 Å². The molecule has 0 saturated heterocycles. The number of fused-ring (bicyclic) bond motifs is 3. The summed E-state index contributed by atoms with van der Waals surface area (Å²) in [5.74, 6) is 0. The Labute approximate surface area is 280 Å². The Balaban J connectivity index is 1.28. The molecule has 0 aliphatic rings. The van der Waals surface area contributed by atoms with Crippen molar-refractivity contribution < 1.29 is 0 Å². The molecule has 0 radical (unpaired) electrons. The second-order valence-electron chi connectivity index (χ2n) is 12.0. The SMILES string of the molecule is N#Cc1ccc([Si](c2ccccc2)(c2ccccc2)c2ccc(-c3cccc(-n4c5ccccc5c5cc(C#N)ccc54)c3)cc2)cc1. The molecule has 0 saturated carbocycles. The third-order valence-corrected chi connectivity index (χ3v) is 14.2. The molecule has 0 atom stereocenters. The summed E-state index contributed by atoms with van der Waals surface area (Å²) in [4.78, 5) is 0. The fourth-order valence-electron chi connectivity index (χ4n) is 7.23. The van der Waals surface area contributed by atoms with Crippen LogP contribution in [0.3, 0.4) is 0 Å². The normalized spacial score (nSPS) is 11.3. The van der Waals surface area contributed by atoms with Crippen molar-refractivity contribution in [3.05, 3.63) is 187 Å². The van der Waals surface area contributed by atoms with E-state index in [2.05, 4.69) is 168 Å². The van der Waals surface area contributed by atoms with Gasteiger partial charge in [-0.2, -0.15) is 10.5 Å². The molecular formula is C44H29N3Si.